The van der Waals surface area contributed by atoms with E-state index in [4.69, 9.17) is 15.2 Å². The molecule has 8 nitrogen and oxygen atoms in total. The van der Waals surface area contributed by atoms with Crippen LogP contribution in [0.1, 0.15) is 25.7 Å². The van der Waals surface area contributed by atoms with E-state index in [1.165, 1.54) is 0 Å². The number of hydrogen-bond acceptors (Lipinski definition) is 6. The van der Waals surface area contributed by atoms with E-state index in [-0.39, 0.29) is 36.4 Å². The number of amides is 3. The summed E-state index contributed by atoms with van der Waals surface area (Å²) in [4.78, 5) is 23.1. The number of nitrogens with two attached hydrogens (primary N) is 1. The van der Waals surface area contributed by atoms with Gasteiger partial charge in [0.1, 0.15) is 0 Å². The van der Waals surface area contributed by atoms with Crippen LogP contribution in [0, 0.1) is 0 Å². The molecule has 0 unspecified atom stereocenters. The maximum atomic E-state index is 11.8. The number of fused-ring (bicyclic) bond motifs is 1. The number of unbranched alkanes of at least 4 members (excludes halogenated alkanes) is 1. The first-order chi connectivity index (χ1) is 12.2. The van der Waals surface area contributed by atoms with E-state index >= 15 is 0 Å². The molecule has 26 heavy (non-hydrogen) atoms. The van der Waals surface area contributed by atoms with Crippen LogP contribution in [0.2, 0.25) is 0 Å². The third-order valence-electron chi connectivity index (χ3n) is 4.28. The topological polar surface area (TPSA) is 115 Å². The average Bonchev–Trinajstić information content (AvgIpc) is 3.13. The highest BCUT2D eigenvalue weighted by atomic mass is 35.5. The molecule has 5 N–H and O–H groups in total. The Labute approximate surface area is 165 Å². The van der Waals surface area contributed by atoms with E-state index in [2.05, 4.69) is 16.0 Å². The summed E-state index contributed by atoms with van der Waals surface area (Å²) < 4.78 is 10.5. The molecular weight excluding hydrogens is 380 g/mol. The Morgan fingerprint density at radius 1 is 1.19 bits per heavy atom. The third kappa shape index (κ3) is 8.30. The van der Waals surface area contributed by atoms with Crippen molar-refractivity contribution in [3.8, 4) is 0 Å². The zero-order valence-corrected chi connectivity index (χ0v) is 16.7. The summed E-state index contributed by atoms with van der Waals surface area (Å²) in [6.45, 7) is 3.12. The molecule has 0 radical (unpaired) electrons. The molecule has 2 aliphatic rings. The quantitative estimate of drug-likeness (QED) is 0.255. The van der Waals surface area contributed by atoms with Gasteiger partial charge in [-0.15, -0.1) is 12.4 Å². The van der Waals surface area contributed by atoms with Crippen molar-refractivity contribution in [1.29, 1.82) is 0 Å². The van der Waals surface area contributed by atoms with Gasteiger partial charge in [0.15, 0.2) is 0 Å². The minimum absolute atomic E-state index is 0. The van der Waals surface area contributed by atoms with E-state index in [1.54, 1.807) is 0 Å². The Balaban J connectivity index is 0.00000338. The molecule has 0 aromatic rings. The van der Waals surface area contributed by atoms with E-state index in [1.807, 2.05) is 11.8 Å². The highest BCUT2D eigenvalue weighted by Crippen LogP contribution is 2.33. The fraction of sp³-hybridized carbons (Fsp3) is 0.875. The second-order valence-corrected chi connectivity index (χ2v) is 7.50. The van der Waals surface area contributed by atoms with Gasteiger partial charge in [-0.1, -0.05) is 6.42 Å². The Kier molecular flexibility index (Phi) is 12.0. The summed E-state index contributed by atoms with van der Waals surface area (Å²) >= 11 is 1.91. The van der Waals surface area contributed by atoms with Crippen molar-refractivity contribution in [2.75, 3.05) is 45.3 Å². The zero-order chi connectivity index (χ0) is 17.9. The molecule has 0 saturated carbocycles. The molecule has 3 atom stereocenters. The number of rotatable bonds is 13. The van der Waals surface area contributed by atoms with Gasteiger partial charge in [-0.2, -0.15) is 11.8 Å². The average molecular weight is 411 g/mol. The number of hydrogen-bond donors (Lipinski definition) is 4. The van der Waals surface area contributed by atoms with Crippen molar-refractivity contribution in [3.05, 3.63) is 0 Å². The van der Waals surface area contributed by atoms with Crippen LogP contribution < -0.4 is 21.7 Å². The van der Waals surface area contributed by atoms with Crippen LogP contribution in [0.25, 0.3) is 0 Å². The van der Waals surface area contributed by atoms with Crippen LogP contribution >= 0.6 is 24.2 Å². The zero-order valence-electron chi connectivity index (χ0n) is 15.0. The summed E-state index contributed by atoms with van der Waals surface area (Å²) in [5.41, 5.74) is 5.30. The lowest BCUT2D eigenvalue weighted by Gasteiger charge is -2.16. The van der Waals surface area contributed by atoms with Gasteiger partial charge in [0.2, 0.25) is 5.91 Å². The van der Waals surface area contributed by atoms with Crippen molar-refractivity contribution in [2.45, 2.75) is 43.0 Å². The normalized spacial score (nSPS) is 23.7. The van der Waals surface area contributed by atoms with Crippen molar-refractivity contribution >= 4 is 36.1 Å². The van der Waals surface area contributed by atoms with Crippen molar-refractivity contribution in [3.63, 3.8) is 0 Å². The summed E-state index contributed by atoms with van der Waals surface area (Å²) in [5, 5.41) is 9.25. The first-order valence-electron chi connectivity index (χ1n) is 9.01. The van der Waals surface area contributed by atoms with E-state index < -0.39 is 0 Å². The lowest BCUT2D eigenvalue weighted by Crippen LogP contribution is -2.36. The van der Waals surface area contributed by atoms with Crippen LogP contribution in [0.5, 0.6) is 0 Å². The molecule has 0 bridgehead atoms. The number of carbonyl (C=O) groups excluding carboxylic acids is 2. The molecule has 0 aromatic heterocycles. The van der Waals surface area contributed by atoms with Crippen LogP contribution in [-0.2, 0) is 14.3 Å². The number of urea groups is 1. The smallest absolute Gasteiger partial charge is 0.315 e. The van der Waals surface area contributed by atoms with Crippen molar-refractivity contribution in [2.24, 2.45) is 5.73 Å². The van der Waals surface area contributed by atoms with Gasteiger partial charge in [0, 0.05) is 30.5 Å². The SMILES string of the molecule is Cl.NCCOCCOCCNC(=O)CCCC[C@@H]1SC[C@@H]2NC(=O)N[C@@H]21. The minimum atomic E-state index is -0.0483. The maximum Gasteiger partial charge on any atom is 0.315 e. The van der Waals surface area contributed by atoms with Crippen molar-refractivity contribution < 1.29 is 19.1 Å². The fourth-order valence-electron chi connectivity index (χ4n) is 3.03. The monoisotopic (exact) mass is 410 g/mol. The predicted molar refractivity (Wildman–Crippen MR) is 105 cm³/mol. The predicted octanol–water partition coefficient (Wildman–Crippen LogP) is 0.242. The van der Waals surface area contributed by atoms with Gasteiger partial charge in [0.05, 0.1) is 38.5 Å². The van der Waals surface area contributed by atoms with Crippen molar-refractivity contribution in [1.82, 2.24) is 16.0 Å². The van der Waals surface area contributed by atoms with Gasteiger partial charge in [-0.05, 0) is 12.8 Å². The molecule has 10 heteroatoms. The summed E-state index contributed by atoms with van der Waals surface area (Å²) in [6, 6.07) is 0.469. The highest BCUT2D eigenvalue weighted by Gasteiger charge is 2.42. The van der Waals surface area contributed by atoms with Crippen LogP contribution in [0.4, 0.5) is 4.79 Å². The first kappa shape index (κ1) is 23.3. The number of carbonyl (C=O) groups is 2. The molecule has 0 aromatic carbocycles. The van der Waals surface area contributed by atoms with Crippen LogP contribution in [0.3, 0.4) is 0 Å². The molecule has 2 saturated heterocycles. The van der Waals surface area contributed by atoms with Crippen LogP contribution in [0.15, 0.2) is 0 Å². The Hall–Kier alpha value is -0.740. The van der Waals surface area contributed by atoms with Gasteiger partial charge >= 0.3 is 6.03 Å². The van der Waals surface area contributed by atoms with E-state index in [0.717, 1.165) is 25.0 Å². The standard InChI is InChI=1S/C16H30N4O4S.ClH/c17-5-7-23-9-10-24-8-6-18-14(21)4-2-1-3-13-15-12(11-25-13)19-16(22)20-15;/h12-13,15H,1-11,17H2,(H,18,21)(H2,19,20,22);1H/t12-,13-,15-;/m0./s1. The number of thioether (sulfide) groups is 1. The molecule has 3 amide bonds. The summed E-state index contributed by atoms with van der Waals surface area (Å²) in [6.07, 6.45) is 3.44. The molecule has 2 aliphatic heterocycles. The Morgan fingerprint density at radius 3 is 2.73 bits per heavy atom. The summed E-state index contributed by atoms with van der Waals surface area (Å²) in [7, 11) is 0. The second-order valence-electron chi connectivity index (χ2n) is 6.23. The molecule has 2 fully saturated rings. The second kappa shape index (κ2) is 13.4. The lowest BCUT2D eigenvalue weighted by atomic mass is 10.0. The molecule has 2 heterocycles. The molecule has 152 valence electrons. The summed E-state index contributed by atoms with van der Waals surface area (Å²) in [5.74, 6) is 1.04. The Bertz CT molecular complexity index is 433. The number of ether oxygens (including phenoxy) is 2. The minimum Gasteiger partial charge on any atom is -0.378 e. The number of halogens is 1. The molecule has 0 spiro atoms. The van der Waals surface area contributed by atoms with Crippen LogP contribution in [-0.4, -0.2) is 74.5 Å². The maximum absolute atomic E-state index is 11.8. The number of nitrogens with one attached hydrogen (secondary N) is 3. The third-order valence-corrected chi connectivity index (χ3v) is 5.79. The highest BCUT2D eigenvalue weighted by molar-refractivity contribution is 8.00. The van der Waals surface area contributed by atoms with E-state index in [9.17, 15) is 9.59 Å². The largest absolute Gasteiger partial charge is 0.378 e. The van der Waals surface area contributed by atoms with Gasteiger partial charge in [0.25, 0.3) is 0 Å². The lowest BCUT2D eigenvalue weighted by molar-refractivity contribution is -0.121. The fourth-order valence-corrected chi connectivity index (χ4v) is 4.57. The van der Waals surface area contributed by atoms with Gasteiger partial charge in [-0.3, -0.25) is 4.79 Å². The van der Waals surface area contributed by atoms with Gasteiger partial charge in [-0.25, -0.2) is 4.79 Å². The van der Waals surface area contributed by atoms with Gasteiger partial charge < -0.3 is 31.2 Å². The Morgan fingerprint density at radius 2 is 1.96 bits per heavy atom. The van der Waals surface area contributed by atoms with E-state index in [0.29, 0.717) is 51.2 Å². The molecule has 2 rings (SSSR count). The molecule has 0 aliphatic carbocycles. The molecular formula is C16H31ClN4O4S. The first-order valence-corrected chi connectivity index (χ1v) is 10.1.